The molecule has 8 nitrogen and oxygen atoms in total. The van der Waals surface area contributed by atoms with Gasteiger partial charge >= 0.3 is 12.0 Å². The van der Waals surface area contributed by atoms with E-state index in [1.807, 2.05) is 0 Å². The number of hydrogen-bond acceptors (Lipinski definition) is 5. The normalized spacial score (nSPS) is 11.1. The van der Waals surface area contributed by atoms with Gasteiger partial charge in [0.25, 0.3) is 0 Å². The Labute approximate surface area is 126 Å². The summed E-state index contributed by atoms with van der Waals surface area (Å²) in [5.41, 5.74) is 0. The quantitative estimate of drug-likeness (QED) is 0.342. The highest BCUT2D eigenvalue weighted by atomic mass is 32.2. The van der Waals surface area contributed by atoms with Crippen LogP contribution in [0.15, 0.2) is 12.7 Å². The van der Waals surface area contributed by atoms with Crippen molar-refractivity contribution in [3.63, 3.8) is 0 Å². The van der Waals surface area contributed by atoms with E-state index < -0.39 is 29.9 Å². The molecule has 0 heterocycles. The van der Waals surface area contributed by atoms with Crippen LogP contribution in [0.3, 0.4) is 0 Å². The molecule has 21 heavy (non-hydrogen) atoms. The zero-order valence-electron chi connectivity index (χ0n) is 11.7. The molecule has 0 aliphatic heterocycles. The molecule has 0 aromatic carbocycles. The Kier molecular flexibility index (Phi) is 9.69. The van der Waals surface area contributed by atoms with Gasteiger partial charge in [0.15, 0.2) is 0 Å². The summed E-state index contributed by atoms with van der Waals surface area (Å²) in [4.78, 5) is 44.2. The van der Waals surface area contributed by atoms with Crippen LogP contribution in [0.2, 0.25) is 0 Å². The Hall–Kier alpha value is -2.03. The number of carboxylic acids is 1. The monoisotopic (exact) mass is 317 g/mol. The van der Waals surface area contributed by atoms with Crippen molar-refractivity contribution in [3.05, 3.63) is 12.7 Å². The molecule has 4 N–H and O–H groups in total. The van der Waals surface area contributed by atoms with E-state index in [2.05, 4.69) is 22.5 Å². The first kappa shape index (κ1) is 19.0. The smallest absolute Gasteiger partial charge is 0.326 e. The summed E-state index contributed by atoms with van der Waals surface area (Å²) >= 11 is 1.17. The van der Waals surface area contributed by atoms with Crippen molar-refractivity contribution in [2.45, 2.75) is 19.4 Å². The van der Waals surface area contributed by atoms with Gasteiger partial charge in [0, 0.05) is 13.5 Å². The minimum atomic E-state index is -1.13. The second kappa shape index (κ2) is 10.7. The van der Waals surface area contributed by atoms with Crippen LogP contribution in [-0.4, -0.2) is 53.0 Å². The first-order valence-corrected chi connectivity index (χ1v) is 7.28. The van der Waals surface area contributed by atoms with E-state index in [-0.39, 0.29) is 18.7 Å². The molecule has 1 atom stereocenters. The average molecular weight is 317 g/mol. The lowest BCUT2D eigenvalue weighted by Gasteiger charge is -2.12. The average Bonchev–Trinajstić information content (AvgIpc) is 2.39. The van der Waals surface area contributed by atoms with E-state index in [9.17, 15) is 19.2 Å². The van der Waals surface area contributed by atoms with E-state index in [0.717, 1.165) is 0 Å². The van der Waals surface area contributed by atoms with Crippen molar-refractivity contribution in [2.24, 2.45) is 0 Å². The predicted molar refractivity (Wildman–Crippen MR) is 78.9 cm³/mol. The molecule has 0 radical (unpaired) electrons. The summed E-state index contributed by atoms with van der Waals surface area (Å²) in [5, 5.41) is 15.7. The Morgan fingerprint density at radius 1 is 1.33 bits per heavy atom. The summed E-state index contributed by atoms with van der Waals surface area (Å²) in [7, 11) is 0. The van der Waals surface area contributed by atoms with Gasteiger partial charge in [0.2, 0.25) is 11.8 Å². The van der Waals surface area contributed by atoms with Crippen molar-refractivity contribution in [1.82, 2.24) is 16.0 Å². The lowest BCUT2D eigenvalue weighted by atomic mass is 10.2. The van der Waals surface area contributed by atoms with Gasteiger partial charge in [-0.2, -0.15) is 11.8 Å². The molecule has 0 spiro atoms. The lowest BCUT2D eigenvalue weighted by Crippen LogP contribution is -2.41. The number of urea groups is 1. The Morgan fingerprint density at radius 3 is 2.52 bits per heavy atom. The fourth-order valence-electron chi connectivity index (χ4n) is 1.24. The number of imide groups is 1. The summed E-state index contributed by atoms with van der Waals surface area (Å²) in [6, 6.07) is -1.59. The molecule has 0 aliphatic rings. The number of thioether (sulfide) groups is 1. The molecule has 118 valence electrons. The van der Waals surface area contributed by atoms with E-state index in [0.29, 0.717) is 5.75 Å². The molecular formula is C12H19N3O5S. The van der Waals surface area contributed by atoms with Crippen LogP contribution in [0.4, 0.5) is 4.79 Å². The van der Waals surface area contributed by atoms with Crippen molar-refractivity contribution in [3.8, 4) is 0 Å². The number of amides is 4. The summed E-state index contributed by atoms with van der Waals surface area (Å²) < 4.78 is 0. The van der Waals surface area contributed by atoms with Crippen LogP contribution in [-0.2, 0) is 14.4 Å². The minimum Gasteiger partial charge on any atom is -0.480 e. The fourth-order valence-corrected chi connectivity index (χ4v) is 2.04. The number of aliphatic carboxylic acids is 1. The molecule has 0 aromatic rings. The predicted octanol–water partition coefficient (Wildman–Crippen LogP) is -0.289. The van der Waals surface area contributed by atoms with Crippen LogP contribution < -0.4 is 16.0 Å². The topological polar surface area (TPSA) is 125 Å². The largest absolute Gasteiger partial charge is 0.480 e. The molecule has 4 amide bonds. The number of carboxylic acid groups (broad SMARTS) is 1. The van der Waals surface area contributed by atoms with Gasteiger partial charge in [-0.3, -0.25) is 14.9 Å². The molecule has 0 bridgehead atoms. The van der Waals surface area contributed by atoms with Crippen molar-refractivity contribution < 1.29 is 24.3 Å². The van der Waals surface area contributed by atoms with Crippen LogP contribution in [0.25, 0.3) is 0 Å². The van der Waals surface area contributed by atoms with E-state index in [1.54, 1.807) is 0 Å². The third kappa shape index (κ3) is 10.4. The SMILES string of the molecule is C=CCNC(=O)NC(=O)CSCCC(NC(C)=O)C(=O)O. The van der Waals surface area contributed by atoms with Crippen LogP contribution in [0, 0.1) is 0 Å². The van der Waals surface area contributed by atoms with Gasteiger partial charge in [-0.25, -0.2) is 9.59 Å². The second-order valence-corrected chi connectivity index (χ2v) is 5.08. The maximum absolute atomic E-state index is 11.4. The highest BCUT2D eigenvalue weighted by Gasteiger charge is 2.18. The van der Waals surface area contributed by atoms with Gasteiger partial charge in [0.1, 0.15) is 6.04 Å². The molecule has 0 aliphatic carbocycles. The number of nitrogens with one attached hydrogen (secondary N) is 3. The van der Waals surface area contributed by atoms with Crippen molar-refractivity contribution in [1.29, 1.82) is 0 Å². The molecule has 1 unspecified atom stereocenters. The van der Waals surface area contributed by atoms with Crippen LogP contribution >= 0.6 is 11.8 Å². The van der Waals surface area contributed by atoms with Crippen LogP contribution in [0.5, 0.6) is 0 Å². The summed E-state index contributed by atoms with van der Waals surface area (Å²) in [6.45, 7) is 4.90. The summed E-state index contributed by atoms with van der Waals surface area (Å²) in [5.74, 6) is -1.65. The van der Waals surface area contributed by atoms with Gasteiger partial charge in [-0.1, -0.05) is 6.08 Å². The molecule has 0 aromatic heterocycles. The zero-order chi connectivity index (χ0) is 16.3. The molecular weight excluding hydrogens is 298 g/mol. The molecule has 0 saturated carbocycles. The Balaban J connectivity index is 3.89. The zero-order valence-corrected chi connectivity index (χ0v) is 12.5. The number of hydrogen-bond donors (Lipinski definition) is 4. The maximum atomic E-state index is 11.4. The Morgan fingerprint density at radius 2 is 2.00 bits per heavy atom. The third-order valence-corrected chi connectivity index (χ3v) is 3.11. The summed E-state index contributed by atoms with van der Waals surface area (Å²) in [6.07, 6.45) is 1.67. The van der Waals surface area contributed by atoms with Crippen molar-refractivity contribution in [2.75, 3.05) is 18.1 Å². The van der Waals surface area contributed by atoms with Crippen molar-refractivity contribution >= 4 is 35.6 Å². The van der Waals surface area contributed by atoms with E-state index in [1.165, 1.54) is 24.8 Å². The molecule has 0 saturated heterocycles. The highest BCUT2D eigenvalue weighted by Crippen LogP contribution is 2.05. The fraction of sp³-hybridized carbons (Fsp3) is 0.500. The number of carbonyl (C=O) groups excluding carboxylic acids is 3. The van der Waals surface area contributed by atoms with Gasteiger partial charge in [0.05, 0.1) is 5.75 Å². The molecule has 9 heteroatoms. The Bertz CT molecular complexity index is 414. The third-order valence-electron chi connectivity index (χ3n) is 2.12. The lowest BCUT2D eigenvalue weighted by molar-refractivity contribution is -0.141. The number of carbonyl (C=O) groups is 4. The van der Waals surface area contributed by atoms with Gasteiger partial charge < -0.3 is 15.7 Å². The first-order valence-electron chi connectivity index (χ1n) is 6.13. The molecule has 0 fully saturated rings. The van der Waals surface area contributed by atoms with Gasteiger partial charge in [-0.15, -0.1) is 6.58 Å². The highest BCUT2D eigenvalue weighted by molar-refractivity contribution is 7.99. The second-order valence-electron chi connectivity index (χ2n) is 3.98. The van der Waals surface area contributed by atoms with Gasteiger partial charge in [-0.05, 0) is 12.2 Å². The van der Waals surface area contributed by atoms with E-state index >= 15 is 0 Å². The minimum absolute atomic E-state index is 0.0217. The standard InChI is InChI=1S/C12H19N3O5S/c1-3-5-13-12(20)15-10(17)7-21-6-4-9(11(18)19)14-8(2)16/h3,9H,1,4-7H2,2H3,(H,14,16)(H,18,19)(H2,13,15,17,20). The van der Waals surface area contributed by atoms with Crippen LogP contribution in [0.1, 0.15) is 13.3 Å². The maximum Gasteiger partial charge on any atom is 0.326 e. The number of rotatable bonds is 9. The first-order chi connectivity index (χ1) is 9.86. The molecule has 0 rings (SSSR count). The van der Waals surface area contributed by atoms with E-state index in [4.69, 9.17) is 5.11 Å².